The molecule has 1 aromatic heterocycles. The Balaban J connectivity index is 1.63. The van der Waals surface area contributed by atoms with Gasteiger partial charge in [0, 0.05) is 56.7 Å². The number of sulfonamides is 1. The Morgan fingerprint density at radius 1 is 0.951 bits per heavy atom. The molecule has 0 atom stereocenters. The standard InChI is InChI=1S/C28H32N6O5S2/c1-3-32(4-2)15-16-34(28-31-23-19-24-25(20-26(23)40-28)39-18-17-38-24)27(35)21-7-9-22(10-8-21)41(36,37)33(13-5-11-29)14-6-12-30/h7-10,19-20H,3-6,13-18H2,1-2H3. The number of hydrogen-bond acceptors (Lipinski definition) is 10. The van der Waals surface area contributed by atoms with E-state index in [1.807, 2.05) is 24.3 Å². The molecule has 0 fully saturated rings. The normalized spacial score (nSPS) is 12.8. The lowest BCUT2D eigenvalue weighted by molar-refractivity contribution is 0.0983. The van der Waals surface area contributed by atoms with Crippen LogP contribution < -0.4 is 14.4 Å². The van der Waals surface area contributed by atoms with E-state index in [2.05, 4.69) is 18.7 Å². The van der Waals surface area contributed by atoms with E-state index in [1.54, 1.807) is 4.90 Å². The monoisotopic (exact) mass is 596 g/mol. The van der Waals surface area contributed by atoms with E-state index < -0.39 is 10.0 Å². The van der Waals surface area contributed by atoms with Crippen LogP contribution in [0.3, 0.4) is 0 Å². The summed E-state index contributed by atoms with van der Waals surface area (Å²) in [5.41, 5.74) is 1.01. The van der Waals surface area contributed by atoms with E-state index >= 15 is 0 Å². The topological polar surface area (TPSA) is 140 Å². The SMILES string of the molecule is CCN(CC)CCN(C(=O)c1ccc(S(=O)(=O)N(CCC#N)CCC#N)cc1)c1nc2cc3c(cc2s1)OCCO3. The summed E-state index contributed by atoms with van der Waals surface area (Å²) in [7, 11) is -3.95. The molecule has 0 spiro atoms. The summed E-state index contributed by atoms with van der Waals surface area (Å²) in [6, 6.07) is 13.3. The van der Waals surface area contributed by atoms with E-state index in [1.165, 1.54) is 35.6 Å². The molecule has 216 valence electrons. The van der Waals surface area contributed by atoms with Crippen LogP contribution in [0.5, 0.6) is 11.5 Å². The van der Waals surface area contributed by atoms with Crippen LogP contribution in [-0.4, -0.2) is 81.0 Å². The summed E-state index contributed by atoms with van der Waals surface area (Å²) in [5.74, 6) is 0.968. The van der Waals surface area contributed by atoms with Gasteiger partial charge in [0.2, 0.25) is 10.0 Å². The van der Waals surface area contributed by atoms with Gasteiger partial charge in [-0.2, -0.15) is 14.8 Å². The van der Waals surface area contributed by atoms with Crippen molar-refractivity contribution < 1.29 is 22.7 Å². The molecule has 0 unspecified atom stereocenters. The molecule has 1 aliphatic heterocycles. The smallest absolute Gasteiger partial charge is 0.260 e. The zero-order valence-electron chi connectivity index (χ0n) is 23.1. The molecule has 4 rings (SSSR count). The molecule has 0 N–H and O–H groups in total. The fourth-order valence-corrected chi connectivity index (χ4v) is 6.85. The second-order valence-electron chi connectivity index (χ2n) is 9.19. The Morgan fingerprint density at radius 3 is 2.15 bits per heavy atom. The fourth-order valence-electron chi connectivity index (χ4n) is 4.41. The highest BCUT2D eigenvalue weighted by atomic mass is 32.2. The van der Waals surface area contributed by atoms with Crippen molar-refractivity contribution >= 4 is 42.6 Å². The highest BCUT2D eigenvalue weighted by molar-refractivity contribution is 7.89. The number of fused-ring (bicyclic) bond motifs is 2. The van der Waals surface area contributed by atoms with Gasteiger partial charge in [-0.1, -0.05) is 25.2 Å². The number of hydrogen-bond donors (Lipinski definition) is 0. The zero-order chi connectivity index (χ0) is 29.4. The molecule has 11 nitrogen and oxygen atoms in total. The maximum atomic E-state index is 13.8. The van der Waals surface area contributed by atoms with Gasteiger partial charge in [-0.25, -0.2) is 13.4 Å². The molecule has 0 saturated carbocycles. The Labute approximate surface area is 244 Å². The number of nitriles is 2. The van der Waals surface area contributed by atoms with Gasteiger partial charge in [0.05, 0.1) is 27.3 Å². The maximum absolute atomic E-state index is 13.8. The van der Waals surface area contributed by atoms with Gasteiger partial charge in [-0.05, 0) is 37.4 Å². The molecule has 41 heavy (non-hydrogen) atoms. The van der Waals surface area contributed by atoms with Crippen molar-refractivity contribution in [2.45, 2.75) is 31.6 Å². The van der Waals surface area contributed by atoms with Gasteiger partial charge in [-0.3, -0.25) is 9.69 Å². The van der Waals surface area contributed by atoms with E-state index in [0.717, 1.165) is 22.1 Å². The number of rotatable bonds is 13. The molecule has 0 radical (unpaired) electrons. The van der Waals surface area contributed by atoms with Crippen LogP contribution in [-0.2, 0) is 10.0 Å². The number of aromatic nitrogens is 1. The van der Waals surface area contributed by atoms with Crippen molar-refractivity contribution in [3.63, 3.8) is 0 Å². The Kier molecular flexibility index (Phi) is 10.1. The summed E-state index contributed by atoms with van der Waals surface area (Å²) in [6.45, 7) is 7.72. The highest BCUT2D eigenvalue weighted by Crippen LogP contribution is 2.39. The van der Waals surface area contributed by atoms with E-state index in [9.17, 15) is 13.2 Å². The maximum Gasteiger partial charge on any atom is 0.260 e. The van der Waals surface area contributed by atoms with Crippen molar-refractivity contribution in [1.29, 1.82) is 10.5 Å². The predicted octanol–water partition coefficient (Wildman–Crippen LogP) is 3.87. The lowest BCUT2D eigenvalue weighted by atomic mass is 10.2. The summed E-state index contributed by atoms with van der Waals surface area (Å²) >= 11 is 1.38. The number of benzene rings is 2. The quantitative estimate of drug-likeness (QED) is 0.288. The molecule has 3 aromatic rings. The molecule has 2 heterocycles. The fraction of sp³-hybridized carbons (Fsp3) is 0.429. The number of ether oxygens (including phenoxy) is 2. The second-order valence-corrected chi connectivity index (χ2v) is 12.1. The minimum Gasteiger partial charge on any atom is -0.486 e. The first-order valence-electron chi connectivity index (χ1n) is 13.4. The van der Waals surface area contributed by atoms with E-state index in [-0.39, 0.29) is 36.7 Å². The van der Waals surface area contributed by atoms with Gasteiger partial charge < -0.3 is 14.4 Å². The van der Waals surface area contributed by atoms with Crippen molar-refractivity contribution in [2.75, 3.05) is 57.4 Å². The lowest BCUT2D eigenvalue weighted by Gasteiger charge is -2.25. The first kappa shape index (κ1) is 30.2. The van der Waals surface area contributed by atoms with Crippen molar-refractivity contribution in [3.8, 4) is 23.6 Å². The average molecular weight is 597 g/mol. The first-order chi connectivity index (χ1) is 19.8. The number of likely N-dealkylation sites (N-methyl/N-ethyl adjacent to an activating group) is 1. The highest BCUT2D eigenvalue weighted by Gasteiger charge is 2.26. The second kappa shape index (κ2) is 13.7. The van der Waals surface area contributed by atoms with Gasteiger partial charge in [0.15, 0.2) is 16.6 Å². The molecular formula is C28H32N6O5S2. The van der Waals surface area contributed by atoms with Gasteiger partial charge in [0.1, 0.15) is 13.2 Å². The molecule has 0 aliphatic carbocycles. The van der Waals surface area contributed by atoms with Crippen molar-refractivity contribution in [3.05, 3.63) is 42.0 Å². The summed E-state index contributed by atoms with van der Waals surface area (Å²) in [5, 5.41) is 18.4. The number of carbonyl (C=O) groups excluding carboxylic acids is 1. The Morgan fingerprint density at radius 2 is 1.56 bits per heavy atom. The minimum absolute atomic E-state index is 0.00608. The molecule has 0 saturated heterocycles. The number of thiazole rings is 1. The molecule has 13 heteroatoms. The van der Waals surface area contributed by atoms with Crippen LogP contribution in [0.1, 0.15) is 37.0 Å². The third-order valence-electron chi connectivity index (χ3n) is 6.74. The zero-order valence-corrected chi connectivity index (χ0v) is 24.7. The summed E-state index contributed by atoms with van der Waals surface area (Å²) in [4.78, 5) is 22.4. The number of nitrogens with zero attached hydrogens (tertiary/aromatic N) is 6. The predicted molar refractivity (Wildman–Crippen MR) is 156 cm³/mol. The van der Waals surface area contributed by atoms with Gasteiger partial charge in [0.25, 0.3) is 5.91 Å². The molecule has 2 aromatic carbocycles. The lowest BCUT2D eigenvalue weighted by Crippen LogP contribution is -2.39. The van der Waals surface area contributed by atoms with Crippen LogP contribution in [0.4, 0.5) is 5.13 Å². The summed E-state index contributed by atoms with van der Waals surface area (Å²) in [6.07, 6.45) is 0.0122. The third kappa shape index (κ3) is 6.94. The minimum atomic E-state index is -3.95. The average Bonchev–Trinajstić information content (AvgIpc) is 3.40. The third-order valence-corrected chi connectivity index (χ3v) is 9.69. The number of amides is 1. The van der Waals surface area contributed by atoms with Crippen LogP contribution in [0.25, 0.3) is 10.2 Å². The Hall–Kier alpha value is -3.75. The van der Waals surface area contributed by atoms with Crippen LogP contribution in [0, 0.1) is 22.7 Å². The molecule has 0 bridgehead atoms. The number of anilines is 1. The largest absolute Gasteiger partial charge is 0.486 e. The van der Waals surface area contributed by atoms with E-state index in [4.69, 9.17) is 25.0 Å². The van der Waals surface area contributed by atoms with E-state index in [0.29, 0.717) is 54.0 Å². The first-order valence-corrected chi connectivity index (χ1v) is 15.7. The van der Waals surface area contributed by atoms with Crippen molar-refractivity contribution in [1.82, 2.24) is 14.2 Å². The van der Waals surface area contributed by atoms with Crippen LogP contribution >= 0.6 is 11.3 Å². The van der Waals surface area contributed by atoms with Crippen LogP contribution in [0.2, 0.25) is 0 Å². The Bertz CT molecular complexity index is 1490. The van der Waals surface area contributed by atoms with Crippen LogP contribution in [0.15, 0.2) is 41.3 Å². The van der Waals surface area contributed by atoms with Gasteiger partial charge >= 0.3 is 0 Å². The van der Waals surface area contributed by atoms with Gasteiger partial charge in [-0.15, -0.1) is 0 Å². The summed E-state index contributed by atoms with van der Waals surface area (Å²) < 4.78 is 39.8. The number of carbonyl (C=O) groups is 1. The van der Waals surface area contributed by atoms with Crippen molar-refractivity contribution in [2.24, 2.45) is 0 Å². The molecule has 1 aliphatic rings. The molecular weight excluding hydrogens is 564 g/mol. The molecule has 1 amide bonds.